The van der Waals surface area contributed by atoms with Crippen LogP contribution in [0.5, 0.6) is 0 Å². The molecule has 0 bridgehead atoms. The van der Waals surface area contributed by atoms with E-state index in [0.717, 1.165) is 36.5 Å². The number of hydrogen-bond acceptors (Lipinski definition) is 7. The van der Waals surface area contributed by atoms with Crippen LogP contribution in [0.15, 0.2) is 48.9 Å². The zero-order valence-corrected chi connectivity index (χ0v) is 27.8. The lowest BCUT2D eigenvalue weighted by Gasteiger charge is -2.38. The van der Waals surface area contributed by atoms with Gasteiger partial charge in [-0.3, -0.25) is 14.4 Å². The summed E-state index contributed by atoms with van der Waals surface area (Å²) >= 11 is 6.49. The van der Waals surface area contributed by atoms with E-state index >= 15 is 0 Å². The monoisotopic (exact) mass is 699 g/mol. The fraction of sp³-hybridized carbons (Fsp3) is 0.375. The third-order valence-electron chi connectivity index (χ3n) is 9.13. The molecule has 2 aliphatic heterocycles. The molecular formula is C32H35ClF3N10O3+. The number of imidazole rings is 1. The lowest BCUT2D eigenvalue weighted by molar-refractivity contribution is -0.893. The van der Waals surface area contributed by atoms with Crippen molar-refractivity contribution in [3.8, 4) is 17.1 Å². The molecule has 3 amide bonds. The van der Waals surface area contributed by atoms with E-state index in [0.29, 0.717) is 36.3 Å². The number of rotatable bonds is 6. The molecule has 258 valence electrons. The van der Waals surface area contributed by atoms with Gasteiger partial charge in [0.2, 0.25) is 0 Å². The first-order valence-corrected chi connectivity index (χ1v) is 15.9. The van der Waals surface area contributed by atoms with Gasteiger partial charge in [0, 0.05) is 58.0 Å². The number of likely N-dealkylation sites (tertiary alicyclic amines) is 1. The first-order valence-electron chi connectivity index (χ1n) is 15.6. The van der Waals surface area contributed by atoms with E-state index in [4.69, 9.17) is 17.3 Å². The number of nitrogens with one attached hydrogen (secondary N) is 1. The molecule has 5 heterocycles. The molecule has 3 N–H and O–H groups in total. The highest BCUT2D eigenvalue weighted by Gasteiger charge is 2.43. The minimum Gasteiger partial charge on any atom is -0.397 e. The number of amides is 3. The van der Waals surface area contributed by atoms with Gasteiger partial charge in [0.1, 0.15) is 0 Å². The van der Waals surface area contributed by atoms with Crippen LogP contribution in [0.3, 0.4) is 0 Å². The van der Waals surface area contributed by atoms with Crippen molar-refractivity contribution >= 4 is 40.7 Å². The van der Waals surface area contributed by atoms with E-state index in [2.05, 4.69) is 34.5 Å². The summed E-state index contributed by atoms with van der Waals surface area (Å²) in [4.78, 5) is 51.3. The fourth-order valence-corrected chi connectivity index (χ4v) is 6.64. The van der Waals surface area contributed by atoms with Crippen LogP contribution in [0.4, 0.5) is 24.5 Å². The second kappa shape index (κ2) is 12.8. The second-order valence-corrected chi connectivity index (χ2v) is 13.1. The fourth-order valence-electron chi connectivity index (χ4n) is 6.38. The summed E-state index contributed by atoms with van der Waals surface area (Å²) < 4.78 is 44.9. The third kappa shape index (κ3) is 6.70. The maximum Gasteiger partial charge on any atom is 0.435 e. The summed E-state index contributed by atoms with van der Waals surface area (Å²) in [6, 6.07) is 7.27. The van der Waals surface area contributed by atoms with Crippen molar-refractivity contribution < 1.29 is 32.0 Å². The number of aromatic nitrogens is 5. The number of pyridine rings is 1. The Balaban J connectivity index is 1.13. The average Bonchev–Trinajstić information content (AvgIpc) is 3.77. The van der Waals surface area contributed by atoms with Gasteiger partial charge in [-0.15, -0.1) is 0 Å². The van der Waals surface area contributed by atoms with Gasteiger partial charge in [-0.25, -0.2) is 14.6 Å². The minimum absolute atomic E-state index is 0.00837. The molecule has 13 nitrogen and oxygen atoms in total. The minimum atomic E-state index is -4.81. The highest BCUT2D eigenvalue weighted by Crippen LogP contribution is 2.37. The van der Waals surface area contributed by atoms with Gasteiger partial charge in [0.05, 0.1) is 60.6 Å². The summed E-state index contributed by atoms with van der Waals surface area (Å²) in [5, 5.41) is 6.45. The number of alkyl halides is 3. The number of quaternary nitrogens is 1. The maximum absolute atomic E-state index is 14.0. The number of nitrogens with zero attached hydrogens (tertiary/aromatic N) is 8. The molecule has 17 heteroatoms. The molecule has 3 aromatic heterocycles. The summed E-state index contributed by atoms with van der Waals surface area (Å²) in [6.45, 7) is 2.56. The van der Waals surface area contributed by atoms with E-state index in [1.54, 1.807) is 4.90 Å². The van der Waals surface area contributed by atoms with Gasteiger partial charge in [-0.05, 0) is 30.3 Å². The zero-order valence-electron chi connectivity index (χ0n) is 27.0. The van der Waals surface area contributed by atoms with Crippen LogP contribution in [-0.2, 0) is 18.0 Å². The Morgan fingerprint density at radius 2 is 1.73 bits per heavy atom. The second-order valence-electron chi connectivity index (χ2n) is 12.7. The molecular weight excluding hydrogens is 665 g/mol. The zero-order chi connectivity index (χ0) is 35.2. The Kier molecular flexibility index (Phi) is 8.87. The first-order chi connectivity index (χ1) is 23.1. The van der Waals surface area contributed by atoms with E-state index < -0.39 is 17.8 Å². The summed E-state index contributed by atoms with van der Waals surface area (Å²) in [5.74, 6) is -0.945. The highest BCUT2D eigenvalue weighted by molar-refractivity contribution is 6.34. The molecule has 6 rings (SSSR count). The number of nitrogens with two attached hydrogens (primary N) is 1. The van der Waals surface area contributed by atoms with Crippen molar-refractivity contribution in [1.29, 1.82) is 0 Å². The quantitative estimate of drug-likeness (QED) is 0.292. The van der Waals surface area contributed by atoms with Gasteiger partial charge in [-0.1, -0.05) is 11.6 Å². The number of carbonyl (C=O) groups excluding carboxylic acids is 3. The van der Waals surface area contributed by atoms with Crippen molar-refractivity contribution in [2.24, 2.45) is 7.05 Å². The van der Waals surface area contributed by atoms with Crippen LogP contribution in [0.1, 0.15) is 39.5 Å². The number of benzene rings is 1. The Morgan fingerprint density at radius 3 is 2.35 bits per heavy atom. The van der Waals surface area contributed by atoms with Crippen LogP contribution >= 0.6 is 11.6 Å². The molecule has 49 heavy (non-hydrogen) atoms. The normalized spacial score (nSPS) is 17.7. The maximum atomic E-state index is 14.0. The lowest BCUT2D eigenvalue weighted by atomic mass is 10.1. The summed E-state index contributed by atoms with van der Waals surface area (Å²) in [7, 11) is 5.55. The number of hydrogen-bond donors (Lipinski definition) is 2. The first kappa shape index (κ1) is 33.9. The van der Waals surface area contributed by atoms with Crippen LogP contribution in [0.25, 0.3) is 17.1 Å². The number of anilines is 2. The summed E-state index contributed by atoms with van der Waals surface area (Å²) in [6.07, 6.45) is 0.666. The molecule has 0 saturated carbocycles. The number of carbonyl (C=O) groups is 3. The van der Waals surface area contributed by atoms with E-state index in [9.17, 15) is 27.6 Å². The van der Waals surface area contributed by atoms with Gasteiger partial charge in [0.15, 0.2) is 23.4 Å². The smallest absolute Gasteiger partial charge is 0.397 e. The average molecular weight is 700 g/mol. The lowest BCUT2D eigenvalue weighted by Crippen LogP contribution is -2.58. The third-order valence-corrected chi connectivity index (χ3v) is 9.44. The van der Waals surface area contributed by atoms with Crippen molar-refractivity contribution in [2.45, 2.75) is 25.1 Å². The molecule has 1 atom stereocenters. The molecule has 0 aliphatic carbocycles. The van der Waals surface area contributed by atoms with E-state index in [1.807, 2.05) is 4.90 Å². The Bertz CT molecular complexity index is 1910. The van der Waals surface area contributed by atoms with Crippen molar-refractivity contribution in [3.63, 3.8) is 0 Å². The molecule has 2 fully saturated rings. The number of piperazine rings is 1. The van der Waals surface area contributed by atoms with Crippen molar-refractivity contribution in [3.05, 3.63) is 71.0 Å². The Hall–Kier alpha value is -4.96. The summed E-state index contributed by atoms with van der Waals surface area (Å²) in [5.41, 5.74) is 4.97. The molecule has 4 aromatic rings. The van der Waals surface area contributed by atoms with Gasteiger partial charge in [0.25, 0.3) is 17.7 Å². The van der Waals surface area contributed by atoms with Crippen LogP contribution in [0.2, 0.25) is 5.02 Å². The van der Waals surface area contributed by atoms with Crippen LogP contribution in [-0.4, -0.2) is 109 Å². The number of likely N-dealkylation sites (N-methyl/N-ethyl adjacent to an activating group) is 1. The van der Waals surface area contributed by atoms with Crippen molar-refractivity contribution in [2.75, 3.05) is 57.9 Å². The SMILES string of the molecule is Cn1c(-c2cn(-c3ccc(N)cn3)nc2C(F)(F)F)cnc1C(=O)Nc1ccc(C(=O)N2CCN(C(=O)[C@@H]3CCC[N+]3(C)C)CC2)c(Cl)c1. The van der Waals surface area contributed by atoms with Crippen molar-refractivity contribution in [1.82, 2.24) is 34.1 Å². The standard InChI is InChI=1S/C32H34ClF3N10O3/c1-42-24(22-18-45(41-27(22)32(34,35)36)26-9-6-19(37)16-38-26)17-39-28(42)29(47)40-20-7-8-21(23(33)15-20)30(48)43-10-12-44(13-11-43)31(49)25-5-4-14-46(25,2)3/h6-9,15-18,25H,4-5,10-14,37H2,1-3H3/p+1/t25-/m0/s1. The molecule has 2 aliphatic rings. The Morgan fingerprint density at radius 1 is 1.02 bits per heavy atom. The topological polar surface area (TPSA) is 144 Å². The van der Waals surface area contributed by atoms with E-state index in [-0.39, 0.29) is 57.0 Å². The van der Waals surface area contributed by atoms with Crippen LogP contribution < -0.4 is 11.1 Å². The molecule has 1 aromatic carbocycles. The molecule has 0 unspecified atom stereocenters. The van der Waals surface area contributed by atoms with E-state index in [1.165, 1.54) is 48.1 Å². The highest BCUT2D eigenvalue weighted by atomic mass is 35.5. The van der Waals surface area contributed by atoms with Gasteiger partial charge >= 0.3 is 6.18 Å². The van der Waals surface area contributed by atoms with Crippen LogP contribution in [0, 0.1) is 0 Å². The number of halogens is 4. The van der Waals surface area contributed by atoms with Gasteiger partial charge < -0.3 is 29.9 Å². The van der Waals surface area contributed by atoms with Gasteiger partial charge in [-0.2, -0.15) is 18.3 Å². The number of nitrogen functional groups attached to an aromatic ring is 1. The predicted octanol–water partition coefficient (Wildman–Crippen LogP) is 3.70. The Labute approximate surface area is 284 Å². The molecule has 0 spiro atoms. The largest absolute Gasteiger partial charge is 0.435 e. The molecule has 0 radical (unpaired) electrons. The predicted molar refractivity (Wildman–Crippen MR) is 175 cm³/mol. The molecule has 2 saturated heterocycles.